The molecule has 1 saturated heterocycles. The summed E-state index contributed by atoms with van der Waals surface area (Å²) >= 11 is 0. The Labute approximate surface area is 200 Å². The SMILES string of the molecule is COc1cc2c(C(=O)N3CCCCC3)cn(-c3cc(F)cc4c3ccn4C)c(=O)c2cc1OCF. The highest BCUT2D eigenvalue weighted by molar-refractivity contribution is 6.07. The Bertz CT molecular complexity index is 1500. The number of rotatable bonds is 5. The van der Waals surface area contributed by atoms with E-state index in [2.05, 4.69) is 0 Å². The molecule has 1 fully saturated rings. The molecule has 1 aliphatic heterocycles. The van der Waals surface area contributed by atoms with Crippen LogP contribution in [-0.2, 0) is 7.05 Å². The van der Waals surface area contributed by atoms with Crippen molar-refractivity contribution in [3.8, 4) is 17.2 Å². The van der Waals surface area contributed by atoms with Gasteiger partial charge in [0, 0.05) is 43.3 Å². The summed E-state index contributed by atoms with van der Waals surface area (Å²) in [7, 11) is 3.19. The monoisotopic (exact) mass is 481 g/mol. The first kappa shape index (κ1) is 22.9. The van der Waals surface area contributed by atoms with Gasteiger partial charge in [-0.25, -0.2) is 8.78 Å². The molecule has 5 rings (SSSR count). The van der Waals surface area contributed by atoms with Crippen molar-refractivity contribution < 1.29 is 23.0 Å². The van der Waals surface area contributed by atoms with E-state index in [1.807, 2.05) is 0 Å². The number of ether oxygens (including phenoxy) is 2. The number of carbonyl (C=O) groups excluding carboxylic acids is 1. The normalized spacial score (nSPS) is 14.0. The van der Waals surface area contributed by atoms with Gasteiger partial charge in [0.25, 0.3) is 11.5 Å². The highest BCUT2D eigenvalue weighted by atomic mass is 19.1. The first-order valence-electron chi connectivity index (χ1n) is 11.4. The fourth-order valence-corrected chi connectivity index (χ4v) is 4.81. The third kappa shape index (κ3) is 3.90. The summed E-state index contributed by atoms with van der Waals surface area (Å²) < 4.78 is 41.1. The average Bonchev–Trinajstić information content (AvgIpc) is 3.24. The highest BCUT2D eigenvalue weighted by Gasteiger charge is 2.25. The summed E-state index contributed by atoms with van der Waals surface area (Å²) in [6.07, 6.45) is 6.10. The second kappa shape index (κ2) is 9.05. The Kier molecular flexibility index (Phi) is 5.92. The molecular formula is C26H25F2N3O4. The Morgan fingerprint density at radius 3 is 2.49 bits per heavy atom. The Hall–Kier alpha value is -3.88. The standard InChI is InChI=1S/C26H25F2N3O4/c1-29-9-6-17-21(29)10-16(28)11-22(17)31-14-20(25(32)30-7-4-3-5-8-30)18-12-23(34-2)24(35-15-27)13-19(18)26(31)33/h6,9-14H,3-5,7-8,15H2,1-2H3. The van der Waals surface area contributed by atoms with Crippen molar-refractivity contribution in [2.75, 3.05) is 27.1 Å². The van der Waals surface area contributed by atoms with Gasteiger partial charge in [-0.2, -0.15) is 0 Å². The average molecular weight is 481 g/mol. The zero-order valence-electron chi connectivity index (χ0n) is 19.5. The van der Waals surface area contributed by atoms with Gasteiger partial charge in [-0.3, -0.25) is 14.2 Å². The maximum atomic E-state index is 14.6. The molecule has 0 spiro atoms. The predicted molar refractivity (Wildman–Crippen MR) is 129 cm³/mol. The fraction of sp³-hybridized carbons (Fsp3) is 0.308. The summed E-state index contributed by atoms with van der Waals surface area (Å²) in [6.45, 7) is 0.113. The summed E-state index contributed by atoms with van der Waals surface area (Å²) in [5.41, 5.74) is 0.702. The topological polar surface area (TPSA) is 65.7 Å². The summed E-state index contributed by atoms with van der Waals surface area (Å²) in [6, 6.07) is 7.35. The van der Waals surface area contributed by atoms with Gasteiger partial charge >= 0.3 is 0 Å². The first-order valence-corrected chi connectivity index (χ1v) is 11.4. The first-order chi connectivity index (χ1) is 16.9. The summed E-state index contributed by atoms with van der Waals surface area (Å²) in [5.74, 6) is -0.499. The van der Waals surface area contributed by atoms with Crippen molar-refractivity contribution in [2.24, 2.45) is 7.05 Å². The van der Waals surface area contributed by atoms with Crippen LogP contribution in [0.2, 0.25) is 0 Å². The van der Waals surface area contributed by atoms with Crippen LogP contribution in [0.4, 0.5) is 8.78 Å². The van der Waals surface area contributed by atoms with E-state index >= 15 is 0 Å². The predicted octanol–water partition coefficient (Wildman–Crippen LogP) is 4.56. The van der Waals surface area contributed by atoms with E-state index < -0.39 is 18.2 Å². The van der Waals surface area contributed by atoms with Crippen LogP contribution >= 0.6 is 0 Å². The largest absolute Gasteiger partial charge is 0.493 e. The molecule has 182 valence electrons. The van der Waals surface area contributed by atoms with E-state index in [0.29, 0.717) is 35.1 Å². The molecule has 1 amide bonds. The van der Waals surface area contributed by atoms with Crippen LogP contribution < -0.4 is 15.0 Å². The third-order valence-electron chi connectivity index (χ3n) is 6.59. The number of piperidine rings is 1. The number of amides is 1. The lowest BCUT2D eigenvalue weighted by atomic mass is 10.0. The Morgan fingerprint density at radius 2 is 1.77 bits per heavy atom. The molecular weight excluding hydrogens is 456 g/mol. The molecule has 0 saturated carbocycles. The van der Waals surface area contributed by atoms with E-state index in [1.54, 1.807) is 28.8 Å². The van der Waals surface area contributed by atoms with Crippen LogP contribution in [-0.4, -0.2) is 47.0 Å². The molecule has 4 aromatic rings. The minimum absolute atomic E-state index is 0.0396. The molecule has 2 aromatic heterocycles. The number of hydrogen-bond acceptors (Lipinski definition) is 4. The number of halogens is 2. The Balaban J connectivity index is 1.83. The quantitative estimate of drug-likeness (QED) is 0.419. The number of methoxy groups -OCH3 is 1. The number of alkyl halides is 1. The van der Waals surface area contributed by atoms with Gasteiger partial charge in [0.15, 0.2) is 11.5 Å². The fourth-order valence-electron chi connectivity index (χ4n) is 4.81. The summed E-state index contributed by atoms with van der Waals surface area (Å²) in [5, 5.41) is 1.16. The smallest absolute Gasteiger partial charge is 0.263 e. The lowest BCUT2D eigenvalue weighted by Gasteiger charge is -2.27. The van der Waals surface area contributed by atoms with Crippen LogP contribution in [0.5, 0.6) is 11.5 Å². The maximum Gasteiger partial charge on any atom is 0.263 e. The molecule has 35 heavy (non-hydrogen) atoms. The van der Waals surface area contributed by atoms with Gasteiger partial charge in [0.2, 0.25) is 6.86 Å². The number of pyridine rings is 1. The molecule has 0 aliphatic carbocycles. The Morgan fingerprint density at radius 1 is 1.03 bits per heavy atom. The molecule has 0 unspecified atom stereocenters. The number of likely N-dealkylation sites (tertiary alicyclic amines) is 1. The number of benzene rings is 2. The number of aromatic nitrogens is 2. The highest BCUT2D eigenvalue weighted by Crippen LogP contribution is 2.34. The molecule has 1 aliphatic rings. The molecule has 0 radical (unpaired) electrons. The van der Waals surface area contributed by atoms with Crippen LogP contribution in [0.1, 0.15) is 29.6 Å². The number of aryl methyl sites for hydroxylation is 1. The molecule has 7 nitrogen and oxygen atoms in total. The van der Waals surface area contributed by atoms with Crippen molar-refractivity contribution in [2.45, 2.75) is 19.3 Å². The van der Waals surface area contributed by atoms with Gasteiger partial charge in [0.1, 0.15) is 5.82 Å². The minimum atomic E-state index is -1.11. The van der Waals surface area contributed by atoms with Crippen LogP contribution in [0.25, 0.3) is 27.4 Å². The summed E-state index contributed by atoms with van der Waals surface area (Å²) in [4.78, 5) is 29.1. The zero-order valence-corrected chi connectivity index (χ0v) is 19.5. The molecule has 9 heteroatoms. The van der Waals surface area contributed by atoms with E-state index in [9.17, 15) is 18.4 Å². The van der Waals surface area contributed by atoms with Crippen LogP contribution in [0, 0.1) is 5.82 Å². The van der Waals surface area contributed by atoms with Gasteiger partial charge < -0.3 is 18.9 Å². The van der Waals surface area contributed by atoms with Gasteiger partial charge in [-0.05, 0) is 49.6 Å². The minimum Gasteiger partial charge on any atom is -0.493 e. The van der Waals surface area contributed by atoms with Gasteiger partial charge in [-0.1, -0.05) is 0 Å². The second-order valence-corrected chi connectivity index (χ2v) is 8.66. The van der Waals surface area contributed by atoms with Crippen LogP contribution in [0.3, 0.4) is 0 Å². The number of hydrogen-bond donors (Lipinski definition) is 0. The van der Waals surface area contributed by atoms with Crippen molar-refractivity contribution in [1.82, 2.24) is 14.0 Å². The van der Waals surface area contributed by atoms with E-state index in [-0.39, 0.29) is 28.4 Å². The van der Waals surface area contributed by atoms with Gasteiger partial charge in [0.05, 0.1) is 29.3 Å². The van der Waals surface area contributed by atoms with E-state index in [0.717, 1.165) is 19.3 Å². The number of fused-ring (bicyclic) bond motifs is 2. The lowest BCUT2D eigenvalue weighted by molar-refractivity contribution is 0.0725. The van der Waals surface area contributed by atoms with E-state index in [4.69, 9.17) is 9.47 Å². The molecule has 2 aromatic carbocycles. The van der Waals surface area contributed by atoms with Crippen molar-refractivity contribution in [3.05, 3.63) is 64.5 Å². The third-order valence-corrected chi connectivity index (χ3v) is 6.59. The number of carbonyl (C=O) groups is 1. The zero-order chi connectivity index (χ0) is 24.7. The second-order valence-electron chi connectivity index (χ2n) is 8.66. The van der Waals surface area contributed by atoms with Crippen molar-refractivity contribution in [1.29, 1.82) is 0 Å². The maximum absolute atomic E-state index is 14.6. The van der Waals surface area contributed by atoms with Crippen LogP contribution in [0.15, 0.2) is 47.5 Å². The van der Waals surface area contributed by atoms with Crippen molar-refractivity contribution in [3.63, 3.8) is 0 Å². The molecule has 0 N–H and O–H groups in total. The molecule has 3 heterocycles. The molecule has 0 atom stereocenters. The van der Waals surface area contributed by atoms with E-state index in [1.165, 1.54) is 42.1 Å². The van der Waals surface area contributed by atoms with Crippen molar-refractivity contribution >= 4 is 27.6 Å². The van der Waals surface area contributed by atoms with Gasteiger partial charge in [-0.15, -0.1) is 0 Å². The number of nitrogens with zero attached hydrogens (tertiary/aromatic N) is 3. The molecule has 0 bridgehead atoms. The lowest BCUT2D eigenvalue weighted by Crippen LogP contribution is -2.36.